The summed E-state index contributed by atoms with van der Waals surface area (Å²) in [6.45, 7) is 2.26. The summed E-state index contributed by atoms with van der Waals surface area (Å²) in [5.74, 6) is 0.363. The molecule has 3 nitrogen and oxygen atoms in total. The minimum Gasteiger partial charge on any atom is -0.481 e. The summed E-state index contributed by atoms with van der Waals surface area (Å²) in [6.07, 6.45) is 4.81. The molecule has 1 aliphatic carbocycles. The van der Waals surface area contributed by atoms with E-state index in [0.29, 0.717) is 13.0 Å². The second kappa shape index (κ2) is 8.15. The van der Waals surface area contributed by atoms with Crippen LogP contribution in [0.15, 0.2) is 42.5 Å². The Morgan fingerprint density at radius 1 is 1.12 bits per heavy atom. The molecule has 132 valence electrons. The number of amides is 1. The van der Waals surface area contributed by atoms with Gasteiger partial charge in [0, 0.05) is 6.54 Å². The Kier molecular flexibility index (Phi) is 5.69. The number of ether oxygens (including phenoxy) is 1. The predicted molar refractivity (Wildman–Crippen MR) is 96.3 cm³/mol. The fourth-order valence-corrected chi connectivity index (χ4v) is 3.17. The van der Waals surface area contributed by atoms with Gasteiger partial charge in [-0.3, -0.25) is 4.79 Å². The van der Waals surface area contributed by atoms with E-state index in [4.69, 9.17) is 4.74 Å². The number of rotatable bonds is 6. The number of carbonyl (C=O) groups excluding carboxylic acids is 1. The molecule has 0 saturated heterocycles. The van der Waals surface area contributed by atoms with Gasteiger partial charge in [-0.15, -0.1) is 0 Å². The van der Waals surface area contributed by atoms with Gasteiger partial charge in [-0.25, -0.2) is 4.39 Å². The minimum atomic E-state index is -0.546. The highest BCUT2D eigenvalue weighted by molar-refractivity contribution is 5.80. The molecule has 0 saturated carbocycles. The fourth-order valence-electron chi connectivity index (χ4n) is 3.17. The second-order valence-corrected chi connectivity index (χ2v) is 6.57. The smallest absolute Gasteiger partial charge is 0.260 e. The molecule has 0 bridgehead atoms. The van der Waals surface area contributed by atoms with E-state index in [-0.39, 0.29) is 11.7 Å². The van der Waals surface area contributed by atoms with E-state index >= 15 is 0 Å². The van der Waals surface area contributed by atoms with Gasteiger partial charge >= 0.3 is 0 Å². The van der Waals surface area contributed by atoms with Gasteiger partial charge in [0.2, 0.25) is 0 Å². The van der Waals surface area contributed by atoms with Crippen LogP contribution in [-0.2, 0) is 24.1 Å². The Labute approximate surface area is 148 Å². The molecule has 0 aliphatic heterocycles. The highest BCUT2D eigenvalue weighted by Crippen LogP contribution is 2.25. The van der Waals surface area contributed by atoms with Gasteiger partial charge in [0.1, 0.15) is 11.6 Å². The highest BCUT2D eigenvalue weighted by atomic mass is 19.1. The number of hydrogen-bond donors (Lipinski definition) is 1. The SMILES string of the molecule is C[C@H](Oc1ccc2c(c1)CCCC2)C(=O)NCCc1ccc(F)cc1. The Hall–Kier alpha value is -2.36. The van der Waals surface area contributed by atoms with Crippen LogP contribution in [0.5, 0.6) is 5.75 Å². The first-order valence-electron chi connectivity index (χ1n) is 8.92. The molecule has 0 heterocycles. The molecule has 4 heteroatoms. The standard InChI is InChI=1S/C21H24FNO2/c1-15(21(24)23-13-12-16-6-9-19(22)10-7-16)25-20-11-8-17-4-2-3-5-18(17)14-20/h6-11,14-15H,2-5,12-13H2,1H3,(H,23,24)/t15-/m0/s1. The van der Waals surface area contributed by atoms with Crippen LogP contribution in [0.2, 0.25) is 0 Å². The maximum Gasteiger partial charge on any atom is 0.260 e. The summed E-state index contributed by atoms with van der Waals surface area (Å²) in [6, 6.07) is 12.5. The van der Waals surface area contributed by atoms with E-state index in [0.717, 1.165) is 24.2 Å². The largest absolute Gasteiger partial charge is 0.481 e. The zero-order valence-electron chi connectivity index (χ0n) is 14.6. The van der Waals surface area contributed by atoms with Crippen LogP contribution in [-0.4, -0.2) is 18.6 Å². The lowest BCUT2D eigenvalue weighted by molar-refractivity contribution is -0.127. The summed E-state index contributed by atoms with van der Waals surface area (Å²) < 4.78 is 18.7. The van der Waals surface area contributed by atoms with E-state index < -0.39 is 6.10 Å². The Morgan fingerprint density at radius 3 is 2.60 bits per heavy atom. The number of aryl methyl sites for hydroxylation is 2. The quantitative estimate of drug-likeness (QED) is 0.867. The molecule has 0 spiro atoms. The Bertz CT molecular complexity index is 727. The lowest BCUT2D eigenvalue weighted by Gasteiger charge is -2.19. The van der Waals surface area contributed by atoms with E-state index in [1.54, 1.807) is 19.1 Å². The molecule has 25 heavy (non-hydrogen) atoms. The van der Waals surface area contributed by atoms with Crippen molar-refractivity contribution in [1.29, 1.82) is 0 Å². The molecule has 0 aromatic heterocycles. The van der Waals surface area contributed by atoms with Crippen LogP contribution >= 0.6 is 0 Å². The van der Waals surface area contributed by atoms with Gasteiger partial charge in [0.15, 0.2) is 6.10 Å². The van der Waals surface area contributed by atoms with Crippen molar-refractivity contribution in [2.75, 3.05) is 6.54 Å². The lowest BCUT2D eigenvalue weighted by Crippen LogP contribution is -2.37. The topological polar surface area (TPSA) is 38.3 Å². The molecular formula is C21H24FNO2. The first-order chi connectivity index (χ1) is 12.1. The van der Waals surface area contributed by atoms with Gasteiger partial charge < -0.3 is 10.1 Å². The Balaban J connectivity index is 1.48. The van der Waals surface area contributed by atoms with Gasteiger partial charge in [-0.1, -0.05) is 18.2 Å². The van der Waals surface area contributed by atoms with E-state index in [1.165, 1.54) is 36.1 Å². The van der Waals surface area contributed by atoms with Gasteiger partial charge in [0.25, 0.3) is 5.91 Å². The summed E-state index contributed by atoms with van der Waals surface area (Å²) in [5, 5.41) is 2.87. The van der Waals surface area contributed by atoms with Crippen molar-refractivity contribution in [3.05, 3.63) is 65.0 Å². The normalized spacial score (nSPS) is 14.5. The third-order valence-electron chi connectivity index (χ3n) is 4.63. The van der Waals surface area contributed by atoms with Crippen LogP contribution in [0.4, 0.5) is 4.39 Å². The van der Waals surface area contributed by atoms with E-state index in [1.807, 2.05) is 6.07 Å². The number of benzene rings is 2. The average molecular weight is 341 g/mol. The highest BCUT2D eigenvalue weighted by Gasteiger charge is 2.16. The van der Waals surface area contributed by atoms with Crippen molar-refractivity contribution in [2.24, 2.45) is 0 Å². The van der Waals surface area contributed by atoms with Crippen molar-refractivity contribution in [3.63, 3.8) is 0 Å². The third-order valence-corrected chi connectivity index (χ3v) is 4.63. The molecule has 2 aromatic carbocycles. The molecule has 1 N–H and O–H groups in total. The van der Waals surface area contributed by atoms with Crippen molar-refractivity contribution >= 4 is 5.91 Å². The summed E-state index contributed by atoms with van der Waals surface area (Å²) in [4.78, 5) is 12.2. The maximum atomic E-state index is 12.9. The zero-order valence-corrected chi connectivity index (χ0v) is 14.6. The van der Waals surface area contributed by atoms with Crippen molar-refractivity contribution in [1.82, 2.24) is 5.32 Å². The fraction of sp³-hybridized carbons (Fsp3) is 0.381. The molecular weight excluding hydrogens is 317 g/mol. The molecule has 3 rings (SSSR count). The first kappa shape index (κ1) is 17.5. The molecule has 0 fully saturated rings. The van der Waals surface area contributed by atoms with Crippen molar-refractivity contribution in [2.45, 2.75) is 45.1 Å². The second-order valence-electron chi connectivity index (χ2n) is 6.57. The molecule has 0 radical (unpaired) electrons. The monoisotopic (exact) mass is 341 g/mol. The lowest BCUT2D eigenvalue weighted by atomic mass is 9.92. The average Bonchev–Trinajstić information content (AvgIpc) is 2.63. The Morgan fingerprint density at radius 2 is 1.84 bits per heavy atom. The molecule has 2 aromatic rings. The molecule has 1 aliphatic rings. The predicted octanol–water partition coefficient (Wildman–Crippen LogP) is 3.83. The number of hydrogen-bond acceptors (Lipinski definition) is 2. The van der Waals surface area contributed by atoms with Crippen molar-refractivity contribution in [3.8, 4) is 5.75 Å². The van der Waals surface area contributed by atoms with Gasteiger partial charge in [-0.05, 0) is 80.0 Å². The van der Waals surface area contributed by atoms with Crippen LogP contribution in [0.1, 0.15) is 36.5 Å². The van der Waals surface area contributed by atoms with Crippen LogP contribution in [0.3, 0.4) is 0 Å². The number of halogens is 1. The minimum absolute atomic E-state index is 0.139. The van der Waals surface area contributed by atoms with Crippen molar-refractivity contribution < 1.29 is 13.9 Å². The molecule has 0 unspecified atom stereocenters. The number of fused-ring (bicyclic) bond motifs is 1. The van der Waals surface area contributed by atoms with E-state index in [9.17, 15) is 9.18 Å². The number of nitrogens with one attached hydrogen (secondary N) is 1. The maximum absolute atomic E-state index is 12.9. The first-order valence-corrected chi connectivity index (χ1v) is 8.92. The van der Waals surface area contributed by atoms with Crippen LogP contribution in [0.25, 0.3) is 0 Å². The number of carbonyl (C=O) groups is 1. The summed E-state index contributed by atoms with van der Waals surface area (Å²) in [7, 11) is 0. The third kappa shape index (κ3) is 4.81. The van der Waals surface area contributed by atoms with Gasteiger partial charge in [0.05, 0.1) is 0 Å². The molecule has 1 atom stereocenters. The molecule has 1 amide bonds. The summed E-state index contributed by atoms with van der Waals surface area (Å²) in [5.41, 5.74) is 3.73. The van der Waals surface area contributed by atoms with Crippen LogP contribution in [0, 0.1) is 5.82 Å². The van der Waals surface area contributed by atoms with Crippen LogP contribution < -0.4 is 10.1 Å². The van der Waals surface area contributed by atoms with E-state index in [2.05, 4.69) is 17.4 Å². The zero-order chi connectivity index (χ0) is 17.6. The summed E-state index contributed by atoms with van der Waals surface area (Å²) >= 11 is 0. The van der Waals surface area contributed by atoms with Gasteiger partial charge in [-0.2, -0.15) is 0 Å².